The van der Waals surface area contributed by atoms with Gasteiger partial charge in [-0.1, -0.05) is 0 Å². The van der Waals surface area contributed by atoms with Gasteiger partial charge in [-0.15, -0.1) is 0 Å². The van der Waals surface area contributed by atoms with E-state index in [9.17, 15) is 9.59 Å². The van der Waals surface area contributed by atoms with Gasteiger partial charge < -0.3 is 11.1 Å². The van der Waals surface area contributed by atoms with Crippen molar-refractivity contribution in [2.45, 2.75) is 26.4 Å². The van der Waals surface area contributed by atoms with Gasteiger partial charge in [0.1, 0.15) is 0 Å². The maximum Gasteiger partial charge on any atom is 0.328 e. The lowest BCUT2D eigenvalue weighted by molar-refractivity contribution is -0.116. The van der Waals surface area contributed by atoms with Crippen LogP contribution in [0.3, 0.4) is 0 Å². The van der Waals surface area contributed by atoms with E-state index in [-0.39, 0.29) is 18.0 Å². The lowest BCUT2D eigenvalue weighted by Gasteiger charge is -2.05. The molecule has 0 saturated heterocycles. The van der Waals surface area contributed by atoms with Crippen LogP contribution in [0, 0.1) is 0 Å². The summed E-state index contributed by atoms with van der Waals surface area (Å²) in [4.78, 5) is 23.6. The Balaban J connectivity index is 1.90. The van der Waals surface area contributed by atoms with Gasteiger partial charge in [-0.2, -0.15) is 0 Å². The standard InChI is InChI=1S/C14H18N4O2/c1-2-17-9-10-18(14(17)20)8-7-13(19)16-12-5-3-11(15)4-6-12/h3-6,9-10H,2,7-8,15H2,1H3,(H,16,19). The molecular weight excluding hydrogens is 256 g/mol. The Kier molecular flexibility index (Phi) is 4.24. The molecule has 0 aliphatic carbocycles. The van der Waals surface area contributed by atoms with Gasteiger partial charge in [0.05, 0.1) is 0 Å². The lowest BCUT2D eigenvalue weighted by atomic mass is 10.3. The number of imidazole rings is 1. The number of carbonyl (C=O) groups is 1. The number of anilines is 2. The van der Waals surface area contributed by atoms with Crippen LogP contribution in [-0.4, -0.2) is 15.0 Å². The van der Waals surface area contributed by atoms with Crippen molar-refractivity contribution in [2.75, 3.05) is 11.1 Å². The highest BCUT2D eigenvalue weighted by atomic mass is 16.2. The zero-order valence-corrected chi connectivity index (χ0v) is 11.4. The number of nitrogens with zero attached hydrogens (tertiary/aromatic N) is 2. The fourth-order valence-corrected chi connectivity index (χ4v) is 1.88. The quantitative estimate of drug-likeness (QED) is 0.806. The zero-order chi connectivity index (χ0) is 14.5. The van der Waals surface area contributed by atoms with Gasteiger partial charge in [0.25, 0.3) is 0 Å². The monoisotopic (exact) mass is 274 g/mol. The molecule has 1 aromatic carbocycles. The second-order valence-electron chi connectivity index (χ2n) is 4.48. The summed E-state index contributed by atoms with van der Waals surface area (Å²) in [7, 11) is 0. The first kappa shape index (κ1) is 13.9. The van der Waals surface area contributed by atoms with E-state index in [1.807, 2.05) is 6.92 Å². The van der Waals surface area contributed by atoms with E-state index in [0.717, 1.165) is 0 Å². The topological polar surface area (TPSA) is 82.1 Å². The van der Waals surface area contributed by atoms with Crippen LogP contribution < -0.4 is 16.7 Å². The average molecular weight is 274 g/mol. The Labute approximate surface area is 116 Å². The maximum absolute atomic E-state index is 11.8. The Morgan fingerprint density at radius 1 is 1.20 bits per heavy atom. The van der Waals surface area contributed by atoms with Crippen LogP contribution in [-0.2, 0) is 17.9 Å². The molecule has 0 atom stereocenters. The highest BCUT2D eigenvalue weighted by Crippen LogP contribution is 2.10. The number of nitrogens with one attached hydrogen (secondary N) is 1. The predicted molar refractivity (Wildman–Crippen MR) is 78.5 cm³/mol. The van der Waals surface area contributed by atoms with Crippen LogP contribution in [0.25, 0.3) is 0 Å². The van der Waals surface area contributed by atoms with E-state index in [1.54, 1.807) is 41.2 Å². The Bertz CT molecular complexity index is 640. The summed E-state index contributed by atoms with van der Waals surface area (Å²) in [5.41, 5.74) is 6.83. The molecule has 0 fully saturated rings. The molecule has 1 aromatic heterocycles. The normalized spacial score (nSPS) is 10.4. The van der Waals surface area contributed by atoms with Gasteiger partial charge in [0.15, 0.2) is 0 Å². The molecule has 2 rings (SSSR count). The van der Waals surface area contributed by atoms with Crippen LogP contribution in [0.5, 0.6) is 0 Å². The highest BCUT2D eigenvalue weighted by Gasteiger charge is 2.06. The van der Waals surface area contributed by atoms with Crippen molar-refractivity contribution in [3.8, 4) is 0 Å². The number of benzene rings is 1. The maximum atomic E-state index is 11.8. The van der Waals surface area contributed by atoms with Crippen molar-refractivity contribution in [1.29, 1.82) is 0 Å². The molecule has 1 amide bonds. The van der Waals surface area contributed by atoms with Crippen LogP contribution in [0.1, 0.15) is 13.3 Å². The highest BCUT2D eigenvalue weighted by molar-refractivity contribution is 5.90. The summed E-state index contributed by atoms with van der Waals surface area (Å²) in [6, 6.07) is 6.93. The number of hydrogen-bond acceptors (Lipinski definition) is 3. The zero-order valence-electron chi connectivity index (χ0n) is 11.4. The number of carbonyl (C=O) groups excluding carboxylic acids is 1. The van der Waals surface area contributed by atoms with E-state index in [2.05, 4.69) is 5.32 Å². The Morgan fingerprint density at radius 3 is 2.45 bits per heavy atom. The summed E-state index contributed by atoms with van der Waals surface area (Å²) in [6.45, 7) is 2.90. The fraction of sp³-hybridized carbons (Fsp3) is 0.286. The number of rotatable bonds is 5. The molecule has 6 nitrogen and oxygen atoms in total. The number of aromatic nitrogens is 2. The molecule has 0 radical (unpaired) electrons. The van der Waals surface area contributed by atoms with E-state index in [1.165, 1.54) is 4.57 Å². The van der Waals surface area contributed by atoms with Crippen molar-refractivity contribution in [1.82, 2.24) is 9.13 Å². The smallest absolute Gasteiger partial charge is 0.328 e. The molecule has 2 aromatic rings. The molecule has 3 N–H and O–H groups in total. The largest absolute Gasteiger partial charge is 0.399 e. The van der Waals surface area contributed by atoms with Crippen molar-refractivity contribution < 1.29 is 4.79 Å². The van der Waals surface area contributed by atoms with Crippen LogP contribution in [0.4, 0.5) is 11.4 Å². The molecular formula is C14H18N4O2. The third-order valence-electron chi connectivity index (χ3n) is 3.03. The molecule has 0 aliphatic heterocycles. The van der Waals surface area contributed by atoms with Crippen LogP contribution in [0.15, 0.2) is 41.5 Å². The van der Waals surface area contributed by atoms with E-state index in [4.69, 9.17) is 5.73 Å². The van der Waals surface area contributed by atoms with E-state index < -0.39 is 0 Å². The molecule has 0 aliphatic rings. The summed E-state index contributed by atoms with van der Waals surface area (Å²) in [5.74, 6) is -0.133. The minimum atomic E-state index is -0.133. The summed E-state index contributed by atoms with van der Waals surface area (Å²) in [6.07, 6.45) is 3.67. The molecule has 106 valence electrons. The summed E-state index contributed by atoms with van der Waals surface area (Å²) >= 11 is 0. The lowest BCUT2D eigenvalue weighted by Crippen LogP contribution is -2.25. The van der Waals surface area contributed by atoms with Crippen molar-refractivity contribution in [2.24, 2.45) is 0 Å². The summed E-state index contributed by atoms with van der Waals surface area (Å²) < 4.78 is 3.13. The minimum absolute atomic E-state index is 0.0900. The van der Waals surface area contributed by atoms with Gasteiger partial charge in [-0.3, -0.25) is 13.9 Å². The predicted octanol–water partition coefficient (Wildman–Crippen LogP) is 1.28. The summed E-state index contributed by atoms with van der Waals surface area (Å²) in [5, 5.41) is 2.76. The molecule has 20 heavy (non-hydrogen) atoms. The fourth-order valence-electron chi connectivity index (χ4n) is 1.88. The van der Waals surface area contributed by atoms with Gasteiger partial charge >= 0.3 is 5.69 Å². The van der Waals surface area contributed by atoms with E-state index >= 15 is 0 Å². The third kappa shape index (κ3) is 3.28. The second kappa shape index (κ2) is 6.10. The molecule has 1 heterocycles. The number of nitrogen functional groups attached to an aromatic ring is 1. The molecule has 0 spiro atoms. The number of aryl methyl sites for hydroxylation is 2. The SMILES string of the molecule is CCn1ccn(CCC(=O)Nc2ccc(N)cc2)c1=O. The first-order valence-electron chi connectivity index (χ1n) is 6.51. The Morgan fingerprint density at radius 2 is 1.85 bits per heavy atom. The average Bonchev–Trinajstić information content (AvgIpc) is 2.79. The van der Waals surface area contributed by atoms with Crippen molar-refractivity contribution >= 4 is 17.3 Å². The van der Waals surface area contributed by atoms with Gasteiger partial charge in [0.2, 0.25) is 5.91 Å². The second-order valence-corrected chi connectivity index (χ2v) is 4.48. The first-order chi connectivity index (χ1) is 9.60. The number of amides is 1. The van der Waals surface area contributed by atoms with Gasteiger partial charge in [-0.05, 0) is 31.2 Å². The molecule has 0 unspecified atom stereocenters. The minimum Gasteiger partial charge on any atom is -0.399 e. The number of hydrogen-bond donors (Lipinski definition) is 2. The van der Waals surface area contributed by atoms with Crippen LogP contribution >= 0.6 is 0 Å². The molecule has 0 saturated carbocycles. The van der Waals surface area contributed by atoms with Crippen LogP contribution in [0.2, 0.25) is 0 Å². The van der Waals surface area contributed by atoms with Crippen molar-refractivity contribution in [3.63, 3.8) is 0 Å². The first-order valence-corrected chi connectivity index (χ1v) is 6.51. The van der Waals surface area contributed by atoms with Crippen molar-refractivity contribution in [3.05, 3.63) is 47.1 Å². The molecule has 6 heteroatoms. The number of nitrogens with two attached hydrogens (primary N) is 1. The molecule has 0 bridgehead atoms. The van der Waals surface area contributed by atoms with Gasteiger partial charge in [0, 0.05) is 43.3 Å². The Hall–Kier alpha value is -2.50. The third-order valence-corrected chi connectivity index (χ3v) is 3.03. The van der Waals surface area contributed by atoms with E-state index in [0.29, 0.717) is 24.5 Å². The van der Waals surface area contributed by atoms with Gasteiger partial charge in [-0.25, -0.2) is 4.79 Å².